The van der Waals surface area contributed by atoms with E-state index in [1.54, 1.807) is 6.07 Å². The number of benzene rings is 2. The van der Waals surface area contributed by atoms with Crippen molar-refractivity contribution in [3.8, 4) is 5.75 Å². The molecule has 0 bridgehead atoms. The number of aromatic amines is 1. The molecule has 1 aliphatic heterocycles. The fourth-order valence-corrected chi connectivity index (χ4v) is 7.32. The van der Waals surface area contributed by atoms with Gasteiger partial charge in [-0.3, -0.25) is 5.10 Å². The van der Waals surface area contributed by atoms with Crippen molar-refractivity contribution in [1.82, 2.24) is 20.2 Å². The van der Waals surface area contributed by atoms with Crippen molar-refractivity contribution in [3.63, 3.8) is 0 Å². The molecule has 16 heteroatoms. The summed E-state index contributed by atoms with van der Waals surface area (Å²) >= 11 is 0.812. The molecule has 4 aromatic rings. The zero-order valence-corrected chi connectivity index (χ0v) is 26.3. The zero-order valence-electron chi connectivity index (χ0n) is 24.6. The van der Waals surface area contributed by atoms with E-state index in [-0.39, 0.29) is 21.9 Å². The number of rotatable bonds is 9. The van der Waals surface area contributed by atoms with E-state index < -0.39 is 54.1 Å². The van der Waals surface area contributed by atoms with Gasteiger partial charge >= 0.3 is 0 Å². The zero-order chi connectivity index (χ0) is 32.7. The molecule has 3 heterocycles. The van der Waals surface area contributed by atoms with Crippen LogP contribution in [0.15, 0.2) is 45.3 Å². The number of hydrogen-bond acceptors (Lipinski definition) is 9. The van der Waals surface area contributed by atoms with E-state index in [9.17, 15) is 26.0 Å². The first-order chi connectivity index (χ1) is 21.2. The summed E-state index contributed by atoms with van der Waals surface area (Å²) in [7, 11) is -3.31. The Labute approximate surface area is 260 Å². The van der Waals surface area contributed by atoms with Crippen molar-refractivity contribution in [2.75, 3.05) is 30.4 Å². The lowest BCUT2D eigenvalue weighted by molar-refractivity contribution is 0.409. The van der Waals surface area contributed by atoms with Gasteiger partial charge in [-0.15, -0.1) is 0 Å². The van der Waals surface area contributed by atoms with Gasteiger partial charge in [0.05, 0.1) is 22.5 Å². The van der Waals surface area contributed by atoms with Gasteiger partial charge in [-0.25, -0.2) is 40.3 Å². The van der Waals surface area contributed by atoms with Gasteiger partial charge < -0.3 is 15.0 Å². The summed E-state index contributed by atoms with van der Waals surface area (Å²) in [5, 5.41) is 10.2. The molecule has 0 aliphatic carbocycles. The molecule has 2 aromatic carbocycles. The van der Waals surface area contributed by atoms with Crippen LogP contribution in [-0.2, 0) is 14.6 Å². The molecule has 5 rings (SSSR count). The number of nitrogens with zero attached hydrogens (tertiary/aromatic N) is 4. The Morgan fingerprint density at radius 3 is 2.20 bits per heavy atom. The summed E-state index contributed by atoms with van der Waals surface area (Å²) < 4.78 is 103. The quantitative estimate of drug-likeness (QED) is 0.113. The van der Waals surface area contributed by atoms with Gasteiger partial charge in [-0.2, -0.15) is 5.10 Å². The molecule has 0 radical (unpaired) electrons. The highest BCUT2D eigenvalue weighted by molar-refractivity contribution is 7.99. The number of aromatic nitrogens is 4. The number of aryl methyl sites for hydroxylation is 1. The van der Waals surface area contributed by atoms with E-state index in [1.165, 1.54) is 7.11 Å². The van der Waals surface area contributed by atoms with Crippen LogP contribution in [0.5, 0.6) is 5.75 Å². The summed E-state index contributed by atoms with van der Waals surface area (Å²) in [6.07, 6.45) is 2.94. The van der Waals surface area contributed by atoms with Gasteiger partial charge in [-0.1, -0.05) is 0 Å². The third-order valence-corrected chi connectivity index (χ3v) is 10.8. The Kier molecular flexibility index (Phi) is 8.99. The number of methoxy groups -OCH3 is 1. The van der Waals surface area contributed by atoms with Gasteiger partial charge in [0.25, 0.3) is 0 Å². The van der Waals surface area contributed by atoms with Crippen LogP contribution in [0.1, 0.15) is 44.4 Å². The van der Waals surface area contributed by atoms with Crippen molar-refractivity contribution in [1.29, 1.82) is 0 Å². The minimum Gasteiger partial charge on any atom is -0.490 e. The lowest BCUT2D eigenvalue weighted by Gasteiger charge is -2.29. The SMILES string of the molecule is COc1c(Nc2cc(C)[nH]n2)nc(Sc2ccc(S(=O)(=O)C(C)(C)c3c(F)c(F)cc(F)c3F)cc2F)nc1N1CCCCC1. The number of anilines is 3. The van der Waals surface area contributed by atoms with Gasteiger partial charge in [0.1, 0.15) is 10.6 Å². The highest BCUT2D eigenvalue weighted by atomic mass is 32.2. The fraction of sp³-hybridized carbons (Fsp3) is 0.345. The predicted molar refractivity (Wildman–Crippen MR) is 158 cm³/mol. The average molecular weight is 669 g/mol. The molecule has 0 atom stereocenters. The van der Waals surface area contributed by atoms with E-state index in [4.69, 9.17) is 4.74 Å². The Morgan fingerprint density at radius 2 is 1.62 bits per heavy atom. The topological polar surface area (TPSA) is 113 Å². The van der Waals surface area contributed by atoms with Crippen LogP contribution in [0.25, 0.3) is 0 Å². The standard InChI is InChI=1S/C29H29F5N6O3S2/c1-15-12-21(39-38-15)35-26-25(43-4)27(40-10-6-5-7-11-40)37-28(36-26)44-20-9-8-16(13-17(20)30)45(41,42)29(2,3)22-23(33)18(31)14-19(32)24(22)34/h8-9,12-14H,5-7,10-11H2,1-4H3,(H2,35,36,37,38,39). The Hall–Kier alpha value is -3.92. The molecule has 2 aromatic heterocycles. The number of piperidine rings is 1. The van der Waals surface area contributed by atoms with Gasteiger partial charge in [0.2, 0.25) is 5.75 Å². The molecule has 1 aliphatic rings. The maximum Gasteiger partial charge on any atom is 0.204 e. The molecule has 0 amide bonds. The van der Waals surface area contributed by atoms with Crippen LogP contribution < -0.4 is 15.0 Å². The van der Waals surface area contributed by atoms with Crippen molar-refractivity contribution in [2.45, 2.75) is 59.7 Å². The number of ether oxygens (including phenoxy) is 1. The lowest BCUT2D eigenvalue weighted by Crippen LogP contribution is -2.32. The van der Waals surface area contributed by atoms with E-state index >= 15 is 4.39 Å². The normalized spacial score (nSPS) is 14.1. The number of nitrogens with one attached hydrogen (secondary N) is 2. The largest absolute Gasteiger partial charge is 0.490 e. The summed E-state index contributed by atoms with van der Waals surface area (Å²) in [5.41, 5.74) is -0.535. The first kappa shape index (κ1) is 32.5. The Balaban J connectivity index is 1.52. The smallest absolute Gasteiger partial charge is 0.204 e. The molecule has 9 nitrogen and oxygen atoms in total. The van der Waals surface area contributed by atoms with Crippen LogP contribution in [0.4, 0.5) is 39.4 Å². The number of halogens is 5. The van der Waals surface area contributed by atoms with Crippen LogP contribution in [0.2, 0.25) is 0 Å². The van der Waals surface area contributed by atoms with E-state index in [1.807, 2.05) is 11.8 Å². The molecule has 240 valence electrons. The third-order valence-electron chi connectivity index (χ3n) is 7.44. The molecule has 0 spiro atoms. The fourth-order valence-electron chi connectivity index (χ4n) is 5.02. The monoisotopic (exact) mass is 668 g/mol. The van der Waals surface area contributed by atoms with E-state index in [2.05, 4.69) is 25.5 Å². The van der Waals surface area contributed by atoms with Gasteiger partial charge in [0, 0.05) is 30.9 Å². The second-order valence-electron chi connectivity index (χ2n) is 10.9. The average Bonchev–Trinajstić information content (AvgIpc) is 3.41. The summed E-state index contributed by atoms with van der Waals surface area (Å²) in [6.45, 7) is 5.02. The highest BCUT2D eigenvalue weighted by Gasteiger charge is 2.44. The first-order valence-electron chi connectivity index (χ1n) is 13.8. The molecule has 0 saturated carbocycles. The summed E-state index contributed by atoms with van der Waals surface area (Å²) in [6, 6.07) is 4.60. The molecule has 2 N–H and O–H groups in total. The summed E-state index contributed by atoms with van der Waals surface area (Å²) in [5.74, 6) is -6.66. The first-order valence-corrected chi connectivity index (χ1v) is 16.1. The maximum absolute atomic E-state index is 15.5. The molecule has 0 unspecified atom stereocenters. The van der Waals surface area contributed by atoms with E-state index in [0.29, 0.717) is 36.5 Å². The van der Waals surface area contributed by atoms with Crippen molar-refractivity contribution >= 4 is 39.1 Å². The van der Waals surface area contributed by atoms with Crippen molar-refractivity contribution < 1.29 is 35.1 Å². The van der Waals surface area contributed by atoms with Crippen LogP contribution in [0, 0.1) is 36.0 Å². The number of sulfone groups is 1. The van der Waals surface area contributed by atoms with Crippen LogP contribution in [0.3, 0.4) is 0 Å². The minimum atomic E-state index is -4.79. The molecule has 45 heavy (non-hydrogen) atoms. The molecular formula is C29H29F5N6O3S2. The van der Waals surface area contributed by atoms with Crippen LogP contribution in [-0.4, -0.2) is 48.8 Å². The van der Waals surface area contributed by atoms with Crippen molar-refractivity contribution in [2.24, 2.45) is 0 Å². The minimum absolute atomic E-state index is 0.0166. The second kappa shape index (κ2) is 12.5. The van der Waals surface area contributed by atoms with Gasteiger partial charge in [-0.05, 0) is 70.0 Å². The maximum atomic E-state index is 15.5. The second-order valence-corrected chi connectivity index (χ2v) is 14.4. The molecule has 1 fully saturated rings. The number of hydrogen-bond donors (Lipinski definition) is 2. The van der Waals surface area contributed by atoms with E-state index in [0.717, 1.165) is 62.7 Å². The summed E-state index contributed by atoms with van der Waals surface area (Å²) in [4.78, 5) is 10.5. The van der Waals surface area contributed by atoms with Crippen LogP contribution >= 0.6 is 11.8 Å². The predicted octanol–water partition coefficient (Wildman–Crippen LogP) is 6.81. The molecule has 1 saturated heterocycles. The number of H-pyrrole nitrogens is 1. The highest BCUT2D eigenvalue weighted by Crippen LogP contribution is 2.42. The Bertz CT molecular complexity index is 1840. The lowest BCUT2D eigenvalue weighted by atomic mass is 10.0. The van der Waals surface area contributed by atoms with Gasteiger partial charge in [0.15, 0.2) is 55.7 Å². The molecular weight excluding hydrogens is 639 g/mol. The van der Waals surface area contributed by atoms with Crippen molar-refractivity contribution in [3.05, 3.63) is 70.7 Å². The Morgan fingerprint density at radius 1 is 0.956 bits per heavy atom. The third kappa shape index (κ3) is 6.17.